The lowest BCUT2D eigenvalue weighted by molar-refractivity contribution is 0.0362. The largest absolute Gasteiger partial charge is 0.464 e. The van der Waals surface area contributed by atoms with Gasteiger partial charge in [0.15, 0.2) is 5.78 Å². The van der Waals surface area contributed by atoms with E-state index in [1.165, 1.54) is 35.7 Å². The number of rotatable bonds is 10. The molecule has 2 aromatic rings. The minimum atomic E-state index is -3.98. The highest BCUT2D eigenvalue weighted by Crippen LogP contribution is 2.25. The Morgan fingerprint density at radius 2 is 1.77 bits per heavy atom. The van der Waals surface area contributed by atoms with E-state index in [2.05, 4.69) is 4.90 Å². The van der Waals surface area contributed by atoms with Crippen LogP contribution in [0, 0.1) is 13.8 Å². The Hall–Kier alpha value is -2.24. The molecule has 9 nitrogen and oxygen atoms in total. The van der Waals surface area contributed by atoms with Gasteiger partial charge in [0, 0.05) is 49.0 Å². The van der Waals surface area contributed by atoms with Crippen molar-refractivity contribution in [1.29, 1.82) is 0 Å². The van der Waals surface area contributed by atoms with Crippen LogP contribution in [0.15, 0.2) is 29.2 Å². The number of benzene rings is 1. The molecule has 0 aliphatic carbocycles. The number of esters is 1. The molecule has 0 amide bonds. The number of carbonyl (C=O) groups is 2. The zero-order chi connectivity index (χ0) is 25.8. The first-order valence-electron chi connectivity index (χ1n) is 11.5. The first-order chi connectivity index (χ1) is 16.6. The predicted molar refractivity (Wildman–Crippen MR) is 133 cm³/mol. The minimum absolute atomic E-state index is 0.0616. The van der Waals surface area contributed by atoms with Crippen LogP contribution in [0.1, 0.15) is 39.0 Å². The molecule has 0 radical (unpaired) electrons. The highest BCUT2D eigenvalue weighted by atomic mass is 35.5. The Bertz CT molecular complexity index is 1170. The van der Waals surface area contributed by atoms with Crippen LogP contribution in [0.5, 0.6) is 0 Å². The maximum atomic E-state index is 13.5. The van der Waals surface area contributed by atoms with Crippen LogP contribution in [0.3, 0.4) is 0 Å². The second-order valence-electron chi connectivity index (χ2n) is 8.34. The molecule has 0 atom stereocenters. The van der Waals surface area contributed by atoms with Gasteiger partial charge in [-0.05, 0) is 50.6 Å². The topological polar surface area (TPSA) is 98.2 Å². The Morgan fingerprint density at radius 3 is 2.34 bits per heavy atom. The van der Waals surface area contributed by atoms with Gasteiger partial charge in [0.1, 0.15) is 5.69 Å². The molecule has 0 saturated carbocycles. The molecule has 1 saturated heterocycles. The van der Waals surface area contributed by atoms with Crippen molar-refractivity contribution in [3.05, 3.63) is 51.8 Å². The second-order valence-corrected chi connectivity index (χ2v) is 10.7. The zero-order valence-electron chi connectivity index (χ0n) is 20.5. The van der Waals surface area contributed by atoms with Crippen LogP contribution in [0.2, 0.25) is 5.02 Å². The van der Waals surface area contributed by atoms with Crippen molar-refractivity contribution in [2.75, 3.05) is 53.0 Å². The normalized spacial score (nSPS) is 14.9. The van der Waals surface area contributed by atoms with Crippen molar-refractivity contribution in [3.8, 4) is 0 Å². The van der Waals surface area contributed by atoms with Crippen molar-refractivity contribution < 1.29 is 27.5 Å². The fraction of sp³-hybridized carbons (Fsp3) is 0.500. The average Bonchev–Trinajstić information content (AvgIpc) is 3.11. The van der Waals surface area contributed by atoms with E-state index in [-0.39, 0.29) is 23.8 Å². The standard InChI is InChI=1S/C24H32ClN3O6S/c1-5-28-18(3)22(17(2)23(28)24(30)33-4)21(29)16-27(11-10-26-12-14-34-15-13-26)35(31,32)20-8-6-19(25)7-9-20/h6-9H,5,10-16H2,1-4H3. The first kappa shape index (κ1) is 27.3. The number of methoxy groups -OCH3 is 1. The van der Waals surface area contributed by atoms with Crippen LogP contribution in [-0.4, -0.2) is 87.0 Å². The minimum Gasteiger partial charge on any atom is -0.464 e. The molecule has 1 aliphatic heterocycles. The third kappa shape index (κ3) is 5.95. The van der Waals surface area contributed by atoms with Gasteiger partial charge in [0.05, 0.1) is 31.8 Å². The van der Waals surface area contributed by atoms with Crippen molar-refractivity contribution in [3.63, 3.8) is 0 Å². The van der Waals surface area contributed by atoms with Gasteiger partial charge in [-0.15, -0.1) is 0 Å². The molecule has 192 valence electrons. The summed E-state index contributed by atoms with van der Waals surface area (Å²) in [5.41, 5.74) is 1.73. The summed E-state index contributed by atoms with van der Waals surface area (Å²) >= 11 is 5.95. The molecule has 1 aliphatic rings. The molecule has 0 bridgehead atoms. The van der Waals surface area contributed by atoms with Crippen LogP contribution in [-0.2, 0) is 26.0 Å². The third-order valence-corrected chi connectivity index (χ3v) is 8.39. The van der Waals surface area contributed by atoms with Gasteiger partial charge < -0.3 is 14.0 Å². The smallest absolute Gasteiger partial charge is 0.354 e. The Kier molecular flexibility index (Phi) is 9.11. The highest BCUT2D eigenvalue weighted by molar-refractivity contribution is 7.89. The Morgan fingerprint density at radius 1 is 1.14 bits per heavy atom. The predicted octanol–water partition coefficient (Wildman–Crippen LogP) is 2.77. The van der Waals surface area contributed by atoms with E-state index in [0.717, 1.165) is 0 Å². The lowest BCUT2D eigenvalue weighted by atomic mass is 10.1. The molecule has 35 heavy (non-hydrogen) atoms. The van der Waals surface area contributed by atoms with Crippen molar-refractivity contribution in [1.82, 2.24) is 13.8 Å². The molecule has 11 heteroatoms. The second kappa shape index (κ2) is 11.7. The fourth-order valence-corrected chi connectivity index (χ4v) is 5.93. The summed E-state index contributed by atoms with van der Waals surface area (Å²) in [6, 6.07) is 5.88. The number of ether oxygens (including phenoxy) is 2. The highest BCUT2D eigenvalue weighted by Gasteiger charge is 2.31. The summed E-state index contributed by atoms with van der Waals surface area (Å²) in [6.07, 6.45) is 0. The molecule has 1 aromatic heterocycles. The molecular formula is C24H32ClN3O6S. The van der Waals surface area contributed by atoms with E-state index in [9.17, 15) is 18.0 Å². The summed E-state index contributed by atoms with van der Waals surface area (Å²) in [4.78, 5) is 28.1. The van der Waals surface area contributed by atoms with E-state index in [0.29, 0.717) is 66.9 Å². The first-order valence-corrected chi connectivity index (χ1v) is 13.3. The van der Waals surface area contributed by atoms with Gasteiger partial charge in [-0.2, -0.15) is 4.31 Å². The van der Waals surface area contributed by atoms with E-state index >= 15 is 0 Å². The summed E-state index contributed by atoms with van der Waals surface area (Å²) in [5.74, 6) is -0.915. The maximum absolute atomic E-state index is 13.5. The molecule has 1 aromatic carbocycles. The van der Waals surface area contributed by atoms with E-state index in [1.54, 1.807) is 18.4 Å². The van der Waals surface area contributed by atoms with Gasteiger partial charge in [-0.3, -0.25) is 9.69 Å². The van der Waals surface area contributed by atoms with Crippen LogP contribution >= 0.6 is 11.6 Å². The van der Waals surface area contributed by atoms with Gasteiger partial charge in [0.25, 0.3) is 0 Å². The Labute approximate surface area is 211 Å². The SMILES string of the molecule is CCn1c(C)c(C(=O)CN(CCN2CCOCC2)S(=O)(=O)c2ccc(Cl)cc2)c(C)c1C(=O)OC. The van der Waals surface area contributed by atoms with Crippen molar-refractivity contribution in [2.24, 2.45) is 0 Å². The fourth-order valence-electron chi connectivity index (χ4n) is 4.42. The molecule has 0 unspecified atom stereocenters. The number of ketones is 1. The zero-order valence-corrected chi connectivity index (χ0v) is 22.1. The number of carbonyl (C=O) groups excluding carboxylic acids is 2. The lowest BCUT2D eigenvalue weighted by Crippen LogP contribution is -2.44. The van der Waals surface area contributed by atoms with Gasteiger partial charge in [0.2, 0.25) is 10.0 Å². The quantitative estimate of drug-likeness (QED) is 0.347. The number of hydrogen-bond acceptors (Lipinski definition) is 7. The summed E-state index contributed by atoms with van der Waals surface area (Å²) < 4.78 is 40.3. The molecule has 3 rings (SSSR count). The van der Waals surface area contributed by atoms with Crippen LogP contribution < -0.4 is 0 Å². The van der Waals surface area contributed by atoms with E-state index in [1.807, 2.05) is 6.92 Å². The average molecular weight is 526 g/mol. The molecule has 2 heterocycles. The number of halogens is 1. The molecule has 0 spiro atoms. The number of aromatic nitrogens is 1. The van der Waals surface area contributed by atoms with Gasteiger partial charge in [-0.1, -0.05) is 11.6 Å². The summed E-state index contributed by atoms with van der Waals surface area (Å²) in [7, 11) is -2.69. The third-order valence-electron chi connectivity index (χ3n) is 6.28. The van der Waals surface area contributed by atoms with Crippen molar-refractivity contribution in [2.45, 2.75) is 32.2 Å². The summed E-state index contributed by atoms with van der Waals surface area (Å²) in [5, 5.41) is 0.419. The van der Waals surface area contributed by atoms with Gasteiger partial charge >= 0.3 is 5.97 Å². The maximum Gasteiger partial charge on any atom is 0.354 e. The lowest BCUT2D eigenvalue weighted by Gasteiger charge is -2.29. The number of nitrogens with zero attached hydrogens (tertiary/aromatic N) is 3. The van der Waals surface area contributed by atoms with Crippen LogP contribution in [0.25, 0.3) is 0 Å². The van der Waals surface area contributed by atoms with E-state index < -0.39 is 16.0 Å². The Balaban J connectivity index is 1.95. The number of morpholine rings is 1. The molecule has 0 N–H and O–H groups in total. The molecule has 1 fully saturated rings. The van der Waals surface area contributed by atoms with Crippen molar-refractivity contribution >= 4 is 33.4 Å². The van der Waals surface area contributed by atoms with Crippen LogP contribution in [0.4, 0.5) is 0 Å². The monoisotopic (exact) mass is 525 g/mol. The number of Topliss-reactive ketones (excluding diaryl/α,β-unsaturated/α-hetero) is 1. The number of sulfonamides is 1. The van der Waals surface area contributed by atoms with Gasteiger partial charge in [-0.25, -0.2) is 13.2 Å². The molecular weight excluding hydrogens is 494 g/mol. The van der Waals surface area contributed by atoms with E-state index in [4.69, 9.17) is 21.1 Å². The summed E-state index contributed by atoms with van der Waals surface area (Å²) in [6.45, 7) is 8.58. The number of hydrogen-bond donors (Lipinski definition) is 0.